The molecule has 0 radical (unpaired) electrons. The fraction of sp³-hybridized carbons (Fsp3) is 0.495. The molecule has 678 valence electrons. The number of rotatable bonds is 1. The Morgan fingerprint density at radius 3 is 1.15 bits per heavy atom. The van der Waals surface area contributed by atoms with Crippen LogP contribution in [0.25, 0.3) is 0 Å². The van der Waals surface area contributed by atoms with Crippen LogP contribution in [0.5, 0.6) is 0 Å². The van der Waals surface area contributed by atoms with Crippen molar-refractivity contribution in [1.82, 2.24) is 111 Å². The quantitative estimate of drug-likeness (QED) is 0.0751. The SMILES string of the molecule is CC(=O)c1c(C(C)(C)C)[nH]c(C)c1C.CC(C)(C)c1cc(Cl)c(Cl)[nH]1.CC(C)(C)c1ccc[nH]1.CC(C)(C)c1cccnc1.CC(C)(C)c1ccn[nH]1.CC(C)(C)c1ccncn1.CC(C)(C)c1cnccn1.CC(C)(C)c1ncc[nH]1.CC(C)(C)c1ncc[nH]1.CC(C)(C)c1ncccn1.CC(C)(C)c1nn[nH]n1.Cc1ccccn1.Cc1ccncc1. The van der Waals surface area contributed by atoms with Gasteiger partial charge in [-0.25, -0.2) is 29.9 Å². The predicted octanol–water partition coefficient (Wildman–Crippen LogP) is 25.2. The summed E-state index contributed by atoms with van der Waals surface area (Å²) in [5, 5.41) is 21.4. The Morgan fingerprint density at radius 2 is 0.903 bits per heavy atom. The van der Waals surface area contributed by atoms with Gasteiger partial charge in [0.25, 0.3) is 0 Å². The van der Waals surface area contributed by atoms with Crippen LogP contribution in [0.3, 0.4) is 0 Å². The van der Waals surface area contributed by atoms with Gasteiger partial charge in [0, 0.05) is 205 Å². The van der Waals surface area contributed by atoms with E-state index in [1.54, 1.807) is 93.8 Å². The third kappa shape index (κ3) is 46.8. The van der Waals surface area contributed by atoms with Gasteiger partial charge in [0.2, 0.25) is 0 Å². The number of nitrogens with zero attached hydrogens (tertiary/aromatic N) is 15. The molecule has 0 fully saturated rings. The lowest BCUT2D eigenvalue weighted by atomic mass is 9.87. The largest absolute Gasteiger partial charge is 0.365 e. The number of aromatic nitrogens is 22. The van der Waals surface area contributed by atoms with E-state index in [1.165, 1.54) is 22.5 Å². The highest BCUT2D eigenvalue weighted by molar-refractivity contribution is 6.41. The number of H-pyrrole nitrogens is 7. The molecule has 13 heterocycles. The molecular weight excluding hydrogens is 1580 g/mol. The van der Waals surface area contributed by atoms with Gasteiger partial charge >= 0.3 is 0 Å². The van der Waals surface area contributed by atoms with Crippen LogP contribution in [-0.4, -0.2) is 116 Å². The number of carbonyl (C=O) groups excluding carboxylic acids is 1. The molecule has 13 rings (SSSR count). The van der Waals surface area contributed by atoms with Crippen molar-refractivity contribution < 1.29 is 4.79 Å². The van der Waals surface area contributed by atoms with Crippen LogP contribution < -0.4 is 0 Å². The molecule has 0 saturated heterocycles. The van der Waals surface area contributed by atoms with Crippen LogP contribution in [0.1, 0.15) is 331 Å². The van der Waals surface area contributed by atoms with Crippen molar-refractivity contribution in [2.24, 2.45) is 0 Å². The summed E-state index contributed by atoms with van der Waals surface area (Å²) in [6, 6.07) is 25.7. The van der Waals surface area contributed by atoms with E-state index < -0.39 is 0 Å². The van der Waals surface area contributed by atoms with Crippen molar-refractivity contribution in [2.45, 2.75) is 323 Å². The summed E-state index contributed by atoms with van der Waals surface area (Å²) >= 11 is 11.5. The number of imidazole rings is 2. The molecule has 0 aliphatic rings. The molecule has 0 amide bonds. The van der Waals surface area contributed by atoms with Gasteiger partial charge in [0.05, 0.1) is 10.7 Å². The van der Waals surface area contributed by atoms with Gasteiger partial charge < -0.3 is 24.9 Å². The molecule has 7 N–H and O–H groups in total. The highest BCUT2D eigenvalue weighted by atomic mass is 35.5. The smallest absolute Gasteiger partial charge is 0.179 e. The Kier molecular flexibility index (Phi) is 45.9. The Balaban J connectivity index is 0.000000674. The molecule has 23 nitrogen and oxygen atoms in total. The van der Waals surface area contributed by atoms with Gasteiger partial charge in [0.15, 0.2) is 11.6 Å². The summed E-state index contributed by atoms with van der Waals surface area (Å²) in [5.41, 5.74) is 14.8. The van der Waals surface area contributed by atoms with E-state index in [9.17, 15) is 4.79 Å². The van der Waals surface area contributed by atoms with E-state index in [0.29, 0.717) is 10.2 Å². The standard InChI is InChI=1S/C12H19NO.C9H13N.C8H11Cl2N.3C8H12N2.C8H13N.3C7H12N2.2C6H7N.C5H10N4/c1-7-8(2)13-11(12(4,5)6)10(7)9(3)14;1-9(2,3)8-5-4-6-10-7-8;1-8(2,3)6-4-5(9)7(10)11-6;1-8(2,3)7-6-9-4-5-10-7;1-8(2,3)7-4-5-9-6-10-7;1-8(2,3)7-9-5-4-6-10-7;1-8(2,3)7-5-4-6-9-7;2*1-7(2,3)6-8-4-5-9-6;1-7(2,3)6-4-5-8-9-6;1-6-2-4-7-5-3-6;1-6-4-2-3-5-7-6;1-5(2,3)4-6-8-9-7-4/h13H,1-6H3;4-7H,1-3H3;4,11H,1-3H3;3*4-6H,1-3H3;4-6,9H,1-3H3;3*4-5H,1-3H3,(H,8,9);2*2-5H,1H3;1-3H3,(H,6,7,8,9). The minimum Gasteiger partial charge on any atom is -0.365 e. The normalized spacial score (nSPS) is 11.4. The van der Waals surface area contributed by atoms with Crippen LogP contribution >= 0.6 is 23.2 Å². The first-order valence-electron chi connectivity index (χ1n) is 42.0. The number of tetrazole rings is 1. The highest BCUT2D eigenvalue weighted by Gasteiger charge is 2.26. The molecule has 0 unspecified atom stereocenters. The summed E-state index contributed by atoms with van der Waals surface area (Å²) in [7, 11) is 0. The van der Waals surface area contributed by atoms with Crippen molar-refractivity contribution in [1.29, 1.82) is 0 Å². The summed E-state index contributed by atoms with van der Waals surface area (Å²) in [6.45, 7) is 79.9. The van der Waals surface area contributed by atoms with Gasteiger partial charge in [-0.05, 0) is 123 Å². The first-order valence-corrected chi connectivity index (χ1v) is 42.7. The second-order valence-corrected chi connectivity index (χ2v) is 41.7. The molecule has 25 heteroatoms. The van der Waals surface area contributed by atoms with Crippen LogP contribution in [0, 0.1) is 27.7 Å². The zero-order valence-electron chi connectivity index (χ0n) is 82.3. The zero-order chi connectivity index (χ0) is 94.9. The maximum absolute atomic E-state index is 11.5. The average Bonchev–Trinajstić information content (AvgIpc) is 1.64. The fourth-order valence-corrected chi connectivity index (χ4v) is 9.93. The summed E-state index contributed by atoms with van der Waals surface area (Å²) in [6.07, 6.45) is 32.2. The number of nitrogens with one attached hydrogen (secondary N) is 7. The van der Waals surface area contributed by atoms with Crippen molar-refractivity contribution >= 4 is 29.0 Å². The molecule has 0 aliphatic carbocycles. The lowest BCUT2D eigenvalue weighted by Crippen LogP contribution is -2.16. The van der Waals surface area contributed by atoms with Gasteiger partial charge in [-0.15, -0.1) is 10.2 Å². The Labute approximate surface area is 754 Å². The van der Waals surface area contributed by atoms with E-state index in [1.807, 2.05) is 140 Å². The van der Waals surface area contributed by atoms with Gasteiger partial charge in [-0.2, -0.15) is 10.3 Å². The predicted molar refractivity (Wildman–Crippen MR) is 516 cm³/mol. The molecule has 13 aromatic heterocycles. The maximum Gasteiger partial charge on any atom is 0.179 e. The van der Waals surface area contributed by atoms with E-state index in [-0.39, 0.29) is 65.3 Å². The number of pyridine rings is 3. The van der Waals surface area contributed by atoms with Crippen LogP contribution in [0.15, 0.2) is 191 Å². The average molecular weight is 1740 g/mol. The third-order valence-corrected chi connectivity index (χ3v) is 18.1. The molecule has 0 bridgehead atoms. The fourth-order valence-electron chi connectivity index (χ4n) is 9.62. The number of aromatic amines is 7. The number of ketones is 1. The summed E-state index contributed by atoms with van der Waals surface area (Å²) in [5.74, 6) is 3.89. The topological polar surface area (TPSA) is 321 Å². The van der Waals surface area contributed by atoms with E-state index in [0.717, 1.165) is 68.6 Å². The first-order chi connectivity index (χ1) is 56.9. The van der Waals surface area contributed by atoms with Crippen molar-refractivity contribution in [3.05, 3.63) is 292 Å². The zero-order valence-corrected chi connectivity index (χ0v) is 83.8. The van der Waals surface area contributed by atoms with Crippen molar-refractivity contribution in [3.63, 3.8) is 0 Å². The molecule has 13 aromatic rings. The number of aryl methyl sites for hydroxylation is 3. The minimum atomic E-state index is 0.0000231. The number of hydrogen-bond donors (Lipinski definition) is 7. The second kappa shape index (κ2) is 51.0. The Bertz CT molecular complexity index is 4330. The number of Topliss-reactive ketones (excluding diaryl/α,β-unsaturated/α-hetero) is 1. The molecule has 0 spiro atoms. The summed E-state index contributed by atoms with van der Waals surface area (Å²) < 4.78 is 0. The van der Waals surface area contributed by atoms with Gasteiger partial charge in [-0.3, -0.25) is 34.8 Å². The third-order valence-electron chi connectivity index (χ3n) is 17.4. The molecule has 0 saturated carbocycles. The van der Waals surface area contributed by atoms with Crippen LogP contribution in [0.2, 0.25) is 10.2 Å². The number of halogens is 2. The first kappa shape index (κ1) is 111. The van der Waals surface area contributed by atoms with Crippen LogP contribution in [0.4, 0.5) is 0 Å². The van der Waals surface area contributed by atoms with Crippen LogP contribution in [-0.2, 0) is 59.6 Å². The lowest BCUT2D eigenvalue weighted by molar-refractivity contribution is 0.101. The summed E-state index contributed by atoms with van der Waals surface area (Å²) in [4.78, 5) is 71.7. The molecule has 0 aliphatic heterocycles. The number of carbonyl (C=O) groups is 1. The molecular formula is C99H152Cl2N22O. The Hall–Kier alpha value is -10.5. The molecule has 0 aromatic carbocycles. The van der Waals surface area contributed by atoms with E-state index in [4.69, 9.17) is 23.2 Å². The molecule has 0 atom stereocenters. The maximum atomic E-state index is 11.5. The minimum absolute atomic E-state index is 0.0000231. The van der Waals surface area contributed by atoms with Crippen molar-refractivity contribution in [3.8, 4) is 0 Å². The monoisotopic (exact) mass is 1740 g/mol. The number of hydrogen-bond acceptors (Lipinski definition) is 16. The second-order valence-electron chi connectivity index (χ2n) is 40.9. The van der Waals surface area contributed by atoms with E-state index in [2.05, 4.69) is 330 Å². The van der Waals surface area contributed by atoms with Gasteiger partial charge in [-0.1, -0.05) is 269 Å². The Morgan fingerprint density at radius 1 is 0.371 bits per heavy atom. The van der Waals surface area contributed by atoms with E-state index >= 15 is 0 Å². The van der Waals surface area contributed by atoms with Gasteiger partial charge in [0.1, 0.15) is 29.0 Å². The van der Waals surface area contributed by atoms with Crippen molar-refractivity contribution in [2.75, 3.05) is 0 Å². The highest BCUT2D eigenvalue weighted by Crippen LogP contribution is 2.32. The molecule has 124 heavy (non-hydrogen) atoms. The lowest BCUT2D eigenvalue weighted by Gasteiger charge is -2.18.